The Morgan fingerprint density at radius 3 is 2.71 bits per heavy atom. The number of hydrazine groups is 1. The topological polar surface area (TPSA) is 65.1 Å². The van der Waals surface area contributed by atoms with Crippen LogP contribution in [0, 0.1) is 0 Å². The second-order valence-electron chi connectivity index (χ2n) is 5.08. The van der Waals surface area contributed by atoms with Gasteiger partial charge >= 0.3 is 0 Å². The van der Waals surface area contributed by atoms with Crippen LogP contribution in [0.2, 0.25) is 0 Å². The highest BCUT2D eigenvalue weighted by Gasteiger charge is 2.15. The van der Waals surface area contributed by atoms with Crippen LogP contribution >= 0.6 is 0 Å². The Kier molecular flexibility index (Phi) is 5.78. The van der Waals surface area contributed by atoms with E-state index in [1.165, 1.54) is 5.56 Å². The Bertz CT molecular complexity index is 535. The Morgan fingerprint density at radius 2 is 2.10 bits per heavy atom. The van der Waals surface area contributed by atoms with E-state index in [2.05, 4.69) is 34.0 Å². The van der Waals surface area contributed by atoms with E-state index in [4.69, 9.17) is 10.6 Å². The van der Waals surface area contributed by atoms with Crippen molar-refractivity contribution in [2.24, 2.45) is 5.84 Å². The van der Waals surface area contributed by atoms with E-state index in [1.807, 2.05) is 24.5 Å². The van der Waals surface area contributed by atoms with Crippen molar-refractivity contribution in [3.8, 4) is 5.75 Å². The van der Waals surface area contributed by atoms with Crippen molar-refractivity contribution in [1.82, 2.24) is 15.0 Å². The summed E-state index contributed by atoms with van der Waals surface area (Å²) in [5.74, 6) is 7.60. The number of aromatic nitrogens is 2. The van der Waals surface area contributed by atoms with Gasteiger partial charge in [-0.1, -0.05) is 19.1 Å². The maximum Gasteiger partial charge on any atom is 0.127 e. The van der Waals surface area contributed by atoms with Crippen LogP contribution in [0.1, 0.15) is 37.2 Å². The summed E-state index contributed by atoms with van der Waals surface area (Å²) in [4.78, 5) is 4.45. The fraction of sp³-hybridized carbons (Fsp3) is 0.438. The minimum Gasteiger partial charge on any atom is -0.497 e. The third-order valence-corrected chi connectivity index (χ3v) is 3.61. The van der Waals surface area contributed by atoms with Gasteiger partial charge in [0.15, 0.2) is 0 Å². The summed E-state index contributed by atoms with van der Waals surface area (Å²) in [5, 5.41) is 0. The molecule has 1 aromatic heterocycles. The predicted octanol–water partition coefficient (Wildman–Crippen LogP) is 2.44. The Hall–Kier alpha value is -1.85. The van der Waals surface area contributed by atoms with Crippen LogP contribution in [0.3, 0.4) is 0 Å². The van der Waals surface area contributed by atoms with Crippen LogP contribution < -0.4 is 16.0 Å². The van der Waals surface area contributed by atoms with Crippen LogP contribution in [0.5, 0.6) is 5.75 Å². The third-order valence-electron chi connectivity index (χ3n) is 3.61. The zero-order valence-corrected chi connectivity index (χ0v) is 12.7. The van der Waals surface area contributed by atoms with Crippen LogP contribution in [0.4, 0.5) is 0 Å². The summed E-state index contributed by atoms with van der Waals surface area (Å²) in [5.41, 5.74) is 4.16. The van der Waals surface area contributed by atoms with Gasteiger partial charge in [0.05, 0.1) is 13.2 Å². The highest BCUT2D eigenvalue weighted by atomic mass is 16.5. The van der Waals surface area contributed by atoms with Crippen molar-refractivity contribution in [2.75, 3.05) is 7.11 Å². The molecule has 21 heavy (non-hydrogen) atoms. The molecule has 0 amide bonds. The normalized spacial score (nSPS) is 12.3. The molecule has 0 fully saturated rings. The molecule has 114 valence electrons. The van der Waals surface area contributed by atoms with E-state index in [-0.39, 0.29) is 6.04 Å². The molecule has 0 saturated carbocycles. The first-order valence-electron chi connectivity index (χ1n) is 7.38. The number of imidazole rings is 1. The standard InChI is InChI=1S/C16H24N4O/c1-3-11-20-12-10-18-16(20)15(19-17)9-6-13-4-7-14(21-2)8-5-13/h4-5,7-8,10,12,15,19H,3,6,9,11,17H2,1-2H3. The van der Waals surface area contributed by atoms with Gasteiger partial charge in [-0.25, -0.2) is 10.4 Å². The van der Waals surface area contributed by atoms with Gasteiger partial charge in [-0.3, -0.25) is 5.84 Å². The lowest BCUT2D eigenvalue weighted by atomic mass is 10.0. The number of benzene rings is 1. The van der Waals surface area contributed by atoms with E-state index < -0.39 is 0 Å². The molecule has 0 aliphatic rings. The molecular weight excluding hydrogens is 264 g/mol. The van der Waals surface area contributed by atoms with E-state index in [1.54, 1.807) is 7.11 Å². The van der Waals surface area contributed by atoms with Gasteiger partial charge in [-0.05, 0) is 37.0 Å². The molecular formula is C16H24N4O. The number of ether oxygens (including phenoxy) is 1. The molecule has 0 saturated heterocycles. The second kappa shape index (κ2) is 7.81. The zero-order valence-electron chi connectivity index (χ0n) is 12.7. The molecule has 5 heteroatoms. The molecule has 0 aliphatic heterocycles. The number of nitrogens with zero attached hydrogens (tertiary/aromatic N) is 2. The molecule has 0 bridgehead atoms. The lowest BCUT2D eigenvalue weighted by molar-refractivity contribution is 0.414. The summed E-state index contributed by atoms with van der Waals surface area (Å²) in [6.07, 6.45) is 6.78. The van der Waals surface area contributed by atoms with Crippen LogP contribution in [-0.2, 0) is 13.0 Å². The average Bonchev–Trinajstić information content (AvgIpc) is 2.97. The first kappa shape index (κ1) is 15.5. The van der Waals surface area contributed by atoms with Crippen molar-refractivity contribution < 1.29 is 4.74 Å². The maximum absolute atomic E-state index is 5.72. The average molecular weight is 288 g/mol. The highest BCUT2D eigenvalue weighted by molar-refractivity contribution is 5.27. The molecule has 1 heterocycles. The lowest BCUT2D eigenvalue weighted by Gasteiger charge is -2.17. The zero-order chi connectivity index (χ0) is 15.1. The highest BCUT2D eigenvalue weighted by Crippen LogP contribution is 2.19. The van der Waals surface area contributed by atoms with Crippen molar-refractivity contribution in [1.29, 1.82) is 0 Å². The maximum atomic E-state index is 5.72. The lowest BCUT2D eigenvalue weighted by Crippen LogP contribution is -2.30. The van der Waals surface area contributed by atoms with Gasteiger partial charge in [-0.15, -0.1) is 0 Å². The van der Waals surface area contributed by atoms with Gasteiger partial charge in [0, 0.05) is 18.9 Å². The Balaban J connectivity index is 1.99. The van der Waals surface area contributed by atoms with E-state index >= 15 is 0 Å². The van der Waals surface area contributed by atoms with Crippen LogP contribution in [0.15, 0.2) is 36.7 Å². The van der Waals surface area contributed by atoms with Gasteiger partial charge in [0.2, 0.25) is 0 Å². The number of nitrogens with two attached hydrogens (primary N) is 1. The number of hydrogen-bond donors (Lipinski definition) is 2. The van der Waals surface area contributed by atoms with Gasteiger partial charge in [0.25, 0.3) is 0 Å². The monoisotopic (exact) mass is 288 g/mol. The summed E-state index contributed by atoms with van der Waals surface area (Å²) in [6.45, 7) is 3.13. The summed E-state index contributed by atoms with van der Waals surface area (Å²) >= 11 is 0. The van der Waals surface area contributed by atoms with Crippen LogP contribution in [0.25, 0.3) is 0 Å². The van der Waals surface area contributed by atoms with Gasteiger partial charge in [-0.2, -0.15) is 0 Å². The molecule has 3 N–H and O–H groups in total. The smallest absolute Gasteiger partial charge is 0.127 e. The first-order valence-corrected chi connectivity index (χ1v) is 7.38. The number of nitrogens with one attached hydrogen (secondary N) is 1. The SMILES string of the molecule is CCCn1ccnc1C(CCc1ccc(OC)cc1)NN. The fourth-order valence-corrected chi connectivity index (χ4v) is 2.45. The molecule has 1 atom stereocenters. The predicted molar refractivity (Wildman–Crippen MR) is 83.9 cm³/mol. The number of rotatable bonds is 8. The molecule has 5 nitrogen and oxygen atoms in total. The van der Waals surface area contributed by atoms with Gasteiger partial charge < -0.3 is 9.30 Å². The third kappa shape index (κ3) is 4.06. The summed E-state index contributed by atoms with van der Waals surface area (Å²) in [6, 6.07) is 8.21. The second-order valence-corrected chi connectivity index (χ2v) is 5.08. The Labute approximate surface area is 126 Å². The van der Waals surface area contributed by atoms with Crippen LogP contribution in [-0.4, -0.2) is 16.7 Å². The molecule has 2 aromatic rings. The van der Waals surface area contributed by atoms with Gasteiger partial charge in [0.1, 0.15) is 11.6 Å². The van der Waals surface area contributed by atoms with Crippen molar-refractivity contribution in [3.05, 3.63) is 48.0 Å². The largest absolute Gasteiger partial charge is 0.497 e. The molecule has 0 aliphatic carbocycles. The number of aryl methyl sites for hydroxylation is 2. The molecule has 1 aromatic carbocycles. The molecule has 0 spiro atoms. The molecule has 1 unspecified atom stereocenters. The van der Waals surface area contributed by atoms with E-state index in [9.17, 15) is 0 Å². The van der Waals surface area contributed by atoms with E-state index in [0.717, 1.165) is 37.4 Å². The number of hydrogen-bond acceptors (Lipinski definition) is 4. The first-order chi connectivity index (χ1) is 10.3. The number of methoxy groups -OCH3 is 1. The quantitative estimate of drug-likeness (QED) is 0.578. The summed E-state index contributed by atoms with van der Waals surface area (Å²) in [7, 11) is 1.68. The summed E-state index contributed by atoms with van der Waals surface area (Å²) < 4.78 is 7.34. The Morgan fingerprint density at radius 1 is 1.33 bits per heavy atom. The van der Waals surface area contributed by atoms with Crippen molar-refractivity contribution >= 4 is 0 Å². The van der Waals surface area contributed by atoms with E-state index in [0.29, 0.717) is 0 Å². The fourth-order valence-electron chi connectivity index (χ4n) is 2.45. The van der Waals surface area contributed by atoms with Crippen molar-refractivity contribution in [3.63, 3.8) is 0 Å². The molecule has 0 radical (unpaired) electrons. The minimum atomic E-state index is 0.0636. The minimum absolute atomic E-state index is 0.0636. The molecule has 2 rings (SSSR count). The van der Waals surface area contributed by atoms with Crippen molar-refractivity contribution in [2.45, 2.75) is 38.8 Å².